The summed E-state index contributed by atoms with van der Waals surface area (Å²) < 4.78 is 26.3. The summed E-state index contributed by atoms with van der Waals surface area (Å²) in [7, 11) is 3.07. The summed E-state index contributed by atoms with van der Waals surface area (Å²) in [5, 5.41) is 19.7. The number of rotatable bonds is 7. The van der Waals surface area contributed by atoms with Crippen molar-refractivity contribution in [3.05, 3.63) is 36.7 Å². The van der Waals surface area contributed by atoms with E-state index in [2.05, 4.69) is 20.2 Å². The zero-order valence-electron chi connectivity index (χ0n) is 23.0. The number of aromatic nitrogens is 4. The predicted octanol–water partition coefficient (Wildman–Crippen LogP) is 4.93. The molecule has 0 amide bonds. The third-order valence-electron chi connectivity index (χ3n) is 7.91. The molecular formula is C29H37FN6O3. The SMILES string of the molecule is COc1cc(-c2ccc(-c3cnc(N(C4CC4)[C@H]4C[C@@](C)(N)CCCC(C)[C@H]4F)nn3)c(O)c2)cnc1OC. The van der Waals surface area contributed by atoms with Crippen LogP contribution in [0, 0.1) is 5.92 Å². The number of halogens is 1. The molecule has 3 aromatic rings. The number of aromatic hydroxyl groups is 1. The first kappa shape index (κ1) is 27.1. The number of ether oxygens (including phenoxy) is 2. The van der Waals surface area contributed by atoms with Crippen molar-refractivity contribution < 1.29 is 19.0 Å². The standard InChI is InChI=1S/C29H37FN6O3/c1-17-6-5-11-29(2,31)14-23(26(17)30)36(20-8-9-20)28-33-16-22(34-35-28)21-10-7-18(12-24(21)37)19-13-25(38-3)27(39-4)32-15-19/h7,10,12-13,15-17,20,23,26,37H,5-6,8-9,11,14,31H2,1-4H3/t17?,23-,26+,29-/m0/s1. The molecule has 3 N–H and O–H groups in total. The molecule has 1 unspecified atom stereocenters. The monoisotopic (exact) mass is 536 g/mol. The van der Waals surface area contributed by atoms with Crippen molar-refractivity contribution in [1.82, 2.24) is 20.2 Å². The predicted molar refractivity (Wildman–Crippen MR) is 148 cm³/mol. The van der Waals surface area contributed by atoms with Crippen molar-refractivity contribution in [3.8, 4) is 39.8 Å². The molecule has 0 spiro atoms. The number of pyridine rings is 1. The number of benzene rings is 1. The fraction of sp³-hybridized carbons (Fsp3) is 0.517. The van der Waals surface area contributed by atoms with Gasteiger partial charge in [-0.15, -0.1) is 10.2 Å². The van der Waals surface area contributed by atoms with Gasteiger partial charge in [0.05, 0.1) is 26.5 Å². The van der Waals surface area contributed by atoms with Crippen LogP contribution in [0.15, 0.2) is 36.7 Å². The second-order valence-corrected chi connectivity index (χ2v) is 11.2. The summed E-state index contributed by atoms with van der Waals surface area (Å²) in [6, 6.07) is 6.83. The maximum Gasteiger partial charge on any atom is 0.256 e. The molecular weight excluding hydrogens is 499 g/mol. The average molecular weight is 537 g/mol. The Balaban J connectivity index is 1.41. The number of phenolic OH excluding ortho intramolecular Hbond substituents is 1. The smallest absolute Gasteiger partial charge is 0.256 e. The van der Waals surface area contributed by atoms with Crippen molar-refractivity contribution in [1.29, 1.82) is 0 Å². The number of hydrogen-bond acceptors (Lipinski definition) is 9. The quantitative estimate of drug-likeness (QED) is 0.433. The van der Waals surface area contributed by atoms with E-state index in [1.807, 2.05) is 24.8 Å². The third kappa shape index (κ3) is 5.75. The minimum atomic E-state index is -1.03. The van der Waals surface area contributed by atoms with Gasteiger partial charge in [0, 0.05) is 28.9 Å². The molecule has 2 fully saturated rings. The molecule has 10 heteroatoms. The van der Waals surface area contributed by atoms with Crippen LogP contribution in [0.2, 0.25) is 0 Å². The number of hydrogen-bond donors (Lipinski definition) is 2. The molecule has 39 heavy (non-hydrogen) atoms. The van der Waals surface area contributed by atoms with Crippen LogP contribution in [0.4, 0.5) is 10.3 Å². The maximum absolute atomic E-state index is 15.8. The molecule has 4 atom stereocenters. The Bertz CT molecular complexity index is 1300. The number of methoxy groups -OCH3 is 2. The van der Waals surface area contributed by atoms with Crippen LogP contribution >= 0.6 is 0 Å². The number of phenols is 1. The van der Waals surface area contributed by atoms with E-state index in [1.54, 1.807) is 37.7 Å². The van der Waals surface area contributed by atoms with Gasteiger partial charge in [0.1, 0.15) is 17.6 Å². The van der Waals surface area contributed by atoms with Gasteiger partial charge < -0.3 is 25.2 Å². The van der Waals surface area contributed by atoms with E-state index in [1.165, 1.54) is 7.11 Å². The lowest BCUT2D eigenvalue weighted by molar-refractivity contribution is 0.140. The van der Waals surface area contributed by atoms with Gasteiger partial charge in [-0.3, -0.25) is 0 Å². The van der Waals surface area contributed by atoms with Gasteiger partial charge in [0.2, 0.25) is 5.95 Å². The number of alkyl halides is 1. The Morgan fingerprint density at radius 2 is 1.85 bits per heavy atom. The summed E-state index contributed by atoms with van der Waals surface area (Å²) in [6.07, 6.45) is 7.30. The van der Waals surface area contributed by atoms with Crippen LogP contribution in [0.3, 0.4) is 0 Å². The average Bonchev–Trinajstić information content (AvgIpc) is 3.77. The second-order valence-electron chi connectivity index (χ2n) is 11.2. The highest BCUT2D eigenvalue weighted by atomic mass is 19.1. The van der Waals surface area contributed by atoms with Gasteiger partial charge >= 0.3 is 0 Å². The molecule has 0 aliphatic heterocycles. The minimum Gasteiger partial charge on any atom is -0.507 e. The Labute approximate surface area is 228 Å². The van der Waals surface area contributed by atoms with E-state index in [4.69, 9.17) is 15.2 Å². The third-order valence-corrected chi connectivity index (χ3v) is 7.91. The van der Waals surface area contributed by atoms with Crippen molar-refractivity contribution in [2.24, 2.45) is 11.7 Å². The summed E-state index contributed by atoms with van der Waals surface area (Å²) in [4.78, 5) is 10.9. The molecule has 2 saturated carbocycles. The van der Waals surface area contributed by atoms with Gasteiger partial charge in [0.15, 0.2) is 5.75 Å². The van der Waals surface area contributed by atoms with E-state index < -0.39 is 17.8 Å². The van der Waals surface area contributed by atoms with Crippen LogP contribution < -0.4 is 20.1 Å². The lowest BCUT2D eigenvalue weighted by Gasteiger charge is -2.42. The van der Waals surface area contributed by atoms with Crippen LogP contribution in [0.5, 0.6) is 17.4 Å². The van der Waals surface area contributed by atoms with Crippen molar-refractivity contribution in [3.63, 3.8) is 0 Å². The fourth-order valence-electron chi connectivity index (χ4n) is 5.57. The topological polar surface area (TPSA) is 120 Å². The van der Waals surface area contributed by atoms with Gasteiger partial charge in [-0.1, -0.05) is 19.4 Å². The largest absolute Gasteiger partial charge is 0.507 e. The molecule has 2 aliphatic rings. The molecule has 0 radical (unpaired) electrons. The highest BCUT2D eigenvalue weighted by Crippen LogP contribution is 2.40. The summed E-state index contributed by atoms with van der Waals surface area (Å²) in [5.74, 6) is 1.25. The molecule has 2 aromatic heterocycles. The van der Waals surface area contributed by atoms with E-state index in [-0.39, 0.29) is 17.7 Å². The van der Waals surface area contributed by atoms with Gasteiger partial charge in [0.25, 0.3) is 5.88 Å². The lowest BCUT2D eigenvalue weighted by atomic mass is 9.79. The summed E-state index contributed by atoms with van der Waals surface area (Å²) in [6.45, 7) is 4.00. The Hall–Kier alpha value is -3.53. The van der Waals surface area contributed by atoms with Crippen molar-refractivity contribution in [2.45, 2.75) is 76.2 Å². The Morgan fingerprint density at radius 3 is 2.49 bits per heavy atom. The van der Waals surface area contributed by atoms with E-state index in [9.17, 15) is 5.11 Å². The molecule has 5 rings (SSSR count). The number of anilines is 1. The normalized spacial score (nSPS) is 25.4. The zero-order valence-corrected chi connectivity index (χ0v) is 23.0. The van der Waals surface area contributed by atoms with Crippen LogP contribution in [-0.2, 0) is 0 Å². The first-order valence-electron chi connectivity index (χ1n) is 13.5. The first-order chi connectivity index (χ1) is 18.7. The van der Waals surface area contributed by atoms with Gasteiger partial charge in [-0.2, -0.15) is 0 Å². The molecule has 0 bridgehead atoms. The van der Waals surface area contributed by atoms with Gasteiger partial charge in [-0.25, -0.2) is 14.4 Å². The molecule has 2 heterocycles. The molecule has 1 aromatic carbocycles. The number of nitrogens with zero attached hydrogens (tertiary/aromatic N) is 5. The number of nitrogens with two attached hydrogens (primary N) is 1. The Kier molecular flexibility index (Phi) is 7.57. The zero-order chi connectivity index (χ0) is 27.7. The van der Waals surface area contributed by atoms with Crippen molar-refractivity contribution >= 4 is 5.95 Å². The van der Waals surface area contributed by atoms with Crippen LogP contribution in [0.25, 0.3) is 22.4 Å². The summed E-state index contributed by atoms with van der Waals surface area (Å²) >= 11 is 0. The Morgan fingerprint density at radius 1 is 1.05 bits per heavy atom. The minimum absolute atomic E-state index is 0.0294. The maximum atomic E-state index is 15.8. The highest BCUT2D eigenvalue weighted by molar-refractivity contribution is 5.74. The molecule has 208 valence electrons. The lowest BCUT2D eigenvalue weighted by Crippen LogP contribution is -2.54. The van der Waals surface area contributed by atoms with E-state index in [0.29, 0.717) is 35.3 Å². The van der Waals surface area contributed by atoms with Crippen LogP contribution in [0.1, 0.15) is 52.4 Å². The van der Waals surface area contributed by atoms with Crippen molar-refractivity contribution in [2.75, 3.05) is 19.1 Å². The highest BCUT2D eigenvalue weighted by Gasteiger charge is 2.44. The molecule has 2 aliphatic carbocycles. The van der Waals surface area contributed by atoms with Gasteiger partial charge in [-0.05, 0) is 68.7 Å². The molecule has 9 nitrogen and oxygen atoms in total. The van der Waals surface area contributed by atoms with E-state index >= 15 is 4.39 Å². The molecule has 0 saturated heterocycles. The van der Waals surface area contributed by atoms with E-state index in [0.717, 1.165) is 43.2 Å². The fourth-order valence-corrected chi connectivity index (χ4v) is 5.57. The van der Waals surface area contributed by atoms with Crippen LogP contribution in [-0.4, -0.2) is 63.3 Å². The second kappa shape index (κ2) is 10.9. The first-order valence-corrected chi connectivity index (χ1v) is 13.5. The summed E-state index contributed by atoms with van der Waals surface area (Å²) in [5.41, 5.74) is 8.57.